The van der Waals surface area contributed by atoms with Crippen LogP contribution < -0.4 is 11.1 Å². The lowest BCUT2D eigenvalue weighted by Gasteiger charge is -2.40. The van der Waals surface area contributed by atoms with Gasteiger partial charge in [0.2, 0.25) is 5.91 Å². The van der Waals surface area contributed by atoms with E-state index in [1.807, 2.05) is 6.92 Å². The number of primary amides is 1. The van der Waals surface area contributed by atoms with E-state index in [-0.39, 0.29) is 17.6 Å². The number of piperidine rings is 1. The van der Waals surface area contributed by atoms with Crippen LogP contribution in [0.4, 0.5) is 0 Å². The molecule has 1 amide bonds. The van der Waals surface area contributed by atoms with E-state index in [1.54, 1.807) is 7.11 Å². The summed E-state index contributed by atoms with van der Waals surface area (Å²) in [5.41, 5.74) is 5.29. The lowest BCUT2D eigenvalue weighted by atomic mass is 9.94. The second kappa shape index (κ2) is 6.33. The van der Waals surface area contributed by atoms with Crippen molar-refractivity contribution in [2.45, 2.75) is 38.3 Å². The van der Waals surface area contributed by atoms with E-state index in [0.29, 0.717) is 6.54 Å². The highest BCUT2D eigenvalue weighted by molar-refractivity contribution is 5.80. The van der Waals surface area contributed by atoms with Gasteiger partial charge in [-0.25, -0.2) is 0 Å². The Morgan fingerprint density at radius 1 is 1.65 bits per heavy atom. The van der Waals surface area contributed by atoms with E-state index in [1.165, 1.54) is 0 Å². The molecular formula is C12H25N3O2. The molecule has 5 nitrogen and oxygen atoms in total. The van der Waals surface area contributed by atoms with Crippen molar-refractivity contribution in [1.29, 1.82) is 0 Å². The maximum absolute atomic E-state index is 11.3. The SMILES string of the molecule is CCNC(CN1CCCC(C)(OC)C1)C(N)=O. The first-order valence-electron chi connectivity index (χ1n) is 6.31. The van der Waals surface area contributed by atoms with Crippen LogP contribution in [0.5, 0.6) is 0 Å². The molecule has 2 unspecified atom stereocenters. The highest BCUT2D eigenvalue weighted by Crippen LogP contribution is 2.23. The Bertz CT molecular complexity index is 260. The van der Waals surface area contributed by atoms with Gasteiger partial charge in [0.1, 0.15) is 0 Å². The molecule has 2 atom stereocenters. The van der Waals surface area contributed by atoms with Crippen LogP contribution in [0.3, 0.4) is 0 Å². The number of likely N-dealkylation sites (tertiary alicyclic amines) is 1. The smallest absolute Gasteiger partial charge is 0.235 e. The largest absolute Gasteiger partial charge is 0.377 e. The molecule has 1 saturated heterocycles. The maximum Gasteiger partial charge on any atom is 0.235 e. The molecule has 0 saturated carbocycles. The van der Waals surface area contributed by atoms with E-state index in [9.17, 15) is 4.79 Å². The van der Waals surface area contributed by atoms with Crippen molar-refractivity contribution in [3.8, 4) is 0 Å². The van der Waals surface area contributed by atoms with E-state index < -0.39 is 0 Å². The number of carbonyl (C=O) groups excluding carboxylic acids is 1. The number of nitrogens with two attached hydrogens (primary N) is 1. The van der Waals surface area contributed by atoms with Crippen LogP contribution in [0.25, 0.3) is 0 Å². The number of nitrogens with zero attached hydrogens (tertiary/aromatic N) is 1. The molecule has 3 N–H and O–H groups in total. The van der Waals surface area contributed by atoms with Gasteiger partial charge in [-0.15, -0.1) is 0 Å². The third kappa shape index (κ3) is 4.26. The summed E-state index contributed by atoms with van der Waals surface area (Å²) in [6, 6.07) is -0.265. The number of carbonyl (C=O) groups is 1. The third-order valence-corrected chi connectivity index (χ3v) is 3.47. The number of hydrogen-bond donors (Lipinski definition) is 2. The molecule has 0 bridgehead atoms. The second-order valence-corrected chi connectivity index (χ2v) is 5.01. The zero-order valence-corrected chi connectivity index (χ0v) is 11.2. The number of amides is 1. The Hall–Kier alpha value is -0.650. The Balaban J connectivity index is 2.52. The van der Waals surface area contributed by atoms with Crippen LogP contribution in [0, 0.1) is 0 Å². The third-order valence-electron chi connectivity index (χ3n) is 3.47. The average Bonchev–Trinajstić information content (AvgIpc) is 2.28. The van der Waals surface area contributed by atoms with Gasteiger partial charge in [0, 0.05) is 20.2 Å². The van der Waals surface area contributed by atoms with Crippen LogP contribution in [0.1, 0.15) is 26.7 Å². The minimum absolute atomic E-state index is 0.0906. The lowest BCUT2D eigenvalue weighted by Crippen LogP contribution is -2.54. The minimum Gasteiger partial charge on any atom is -0.377 e. The molecular weight excluding hydrogens is 218 g/mol. The molecule has 0 aromatic rings. The molecule has 1 rings (SSSR count). The second-order valence-electron chi connectivity index (χ2n) is 5.01. The van der Waals surface area contributed by atoms with Crippen molar-refractivity contribution in [3.05, 3.63) is 0 Å². The van der Waals surface area contributed by atoms with Gasteiger partial charge in [-0.2, -0.15) is 0 Å². The van der Waals surface area contributed by atoms with Crippen molar-refractivity contribution in [2.24, 2.45) is 5.73 Å². The highest BCUT2D eigenvalue weighted by Gasteiger charge is 2.32. The fraction of sp³-hybridized carbons (Fsp3) is 0.917. The van der Waals surface area contributed by atoms with E-state index in [2.05, 4.69) is 17.1 Å². The Kier molecular flexibility index (Phi) is 5.36. The predicted octanol–water partition coefficient (Wildman–Crippen LogP) is -0.0493. The van der Waals surface area contributed by atoms with E-state index in [0.717, 1.165) is 32.5 Å². The number of rotatable bonds is 6. The summed E-state index contributed by atoms with van der Waals surface area (Å²) in [7, 11) is 1.75. The fourth-order valence-electron chi connectivity index (χ4n) is 2.39. The maximum atomic E-state index is 11.3. The van der Waals surface area contributed by atoms with Crippen molar-refractivity contribution >= 4 is 5.91 Å². The molecule has 0 aliphatic carbocycles. The first kappa shape index (κ1) is 14.4. The van der Waals surface area contributed by atoms with Gasteiger partial charge < -0.3 is 15.8 Å². The minimum atomic E-state index is -0.281. The fourth-order valence-corrected chi connectivity index (χ4v) is 2.39. The van der Waals surface area contributed by atoms with Gasteiger partial charge in [0.25, 0.3) is 0 Å². The van der Waals surface area contributed by atoms with E-state index in [4.69, 9.17) is 10.5 Å². The predicted molar refractivity (Wildman–Crippen MR) is 67.7 cm³/mol. The summed E-state index contributed by atoms with van der Waals surface area (Å²) >= 11 is 0. The van der Waals surface area contributed by atoms with Crippen LogP contribution in [0.2, 0.25) is 0 Å². The molecule has 0 aromatic carbocycles. The summed E-state index contributed by atoms with van der Waals surface area (Å²) in [6.45, 7) is 7.38. The number of hydrogen-bond acceptors (Lipinski definition) is 4. The van der Waals surface area contributed by atoms with Crippen LogP contribution in [-0.2, 0) is 9.53 Å². The molecule has 0 radical (unpaired) electrons. The van der Waals surface area contributed by atoms with Crippen LogP contribution in [0.15, 0.2) is 0 Å². The summed E-state index contributed by atoms with van der Waals surface area (Å²) < 4.78 is 5.53. The number of nitrogens with one attached hydrogen (secondary N) is 1. The molecule has 1 heterocycles. The molecule has 5 heteroatoms. The molecule has 0 aromatic heterocycles. The molecule has 0 spiro atoms. The Labute approximate surface area is 104 Å². The monoisotopic (exact) mass is 243 g/mol. The van der Waals surface area contributed by atoms with Gasteiger partial charge in [0.05, 0.1) is 11.6 Å². The van der Waals surface area contributed by atoms with Crippen molar-refractivity contribution in [3.63, 3.8) is 0 Å². The standard InChI is InChI=1S/C12H25N3O2/c1-4-14-10(11(13)16)8-15-7-5-6-12(2,9-15)17-3/h10,14H,4-9H2,1-3H3,(H2,13,16). The van der Waals surface area contributed by atoms with Gasteiger partial charge in [-0.1, -0.05) is 6.92 Å². The summed E-state index contributed by atoms with van der Waals surface area (Å²) in [4.78, 5) is 13.6. The van der Waals surface area contributed by atoms with Gasteiger partial charge >= 0.3 is 0 Å². The highest BCUT2D eigenvalue weighted by atomic mass is 16.5. The van der Waals surface area contributed by atoms with Gasteiger partial charge in [-0.05, 0) is 32.9 Å². The topological polar surface area (TPSA) is 67.6 Å². The van der Waals surface area contributed by atoms with Gasteiger partial charge in [0.15, 0.2) is 0 Å². The number of ether oxygens (including phenoxy) is 1. The Morgan fingerprint density at radius 2 is 2.35 bits per heavy atom. The van der Waals surface area contributed by atoms with Crippen LogP contribution >= 0.6 is 0 Å². The summed E-state index contributed by atoms with van der Waals surface area (Å²) in [6.07, 6.45) is 2.17. The zero-order valence-electron chi connectivity index (χ0n) is 11.2. The normalized spacial score (nSPS) is 27.9. The van der Waals surface area contributed by atoms with Crippen molar-refractivity contribution < 1.29 is 9.53 Å². The molecule has 1 aliphatic heterocycles. The molecule has 1 fully saturated rings. The average molecular weight is 243 g/mol. The zero-order chi connectivity index (χ0) is 12.9. The lowest BCUT2D eigenvalue weighted by molar-refractivity contribution is -0.121. The quantitative estimate of drug-likeness (QED) is 0.686. The van der Waals surface area contributed by atoms with Crippen molar-refractivity contribution in [1.82, 2.24) is 10.2 Å². The van der Waals surface area contributed by atoms with Crippen LogP contribution in [-0.4, -0.2) is 55.7 Å². The van der Waals surface area contributed by atoms with Gasteiger partial charge in [-0.3, -0.25) is 9.69 Å². The molecule has 1 aliphatic rings. The van der Waals surface area contributed by atoms with Crippen molar-refractivity contribution in [2.75, 3.05) is 33.3 Å². The first-order valence-corrected chi connectivity index (χ1v) is 6.31. The number of methoxy groups -OCH3 is 1. The molecule has 100 valence electrons. The number of likely N-dealkylation sites (N-methyl/N-ethyl adjacent to an activating group) is 1. The Morgan fingerprint density at radius 3 is 2.88 bits per heavy atom. The summed E-state index contributed by atoms with van der Waals surface area (Å²) in [5, 5.41) is 3.12. The first-order chi connectivity index (χ1) is 8.00. The van der Waals surface area contributed by atoms with E-state index >= 15 is 0 Å². The summed E-state index contributed by atoms with van der Waals surface area (Å²) in [5.74, 6) is -0.281. The molecule has 17 heavy (non-hydrogen) atoms.